The summed E-state index contributed by atoms with van der Waals surface area (Å²) in [5.74, 6) is 0.392. The van der Waals surface area contributed by atoms with E-state index in [0.29, 0.717) is 27.8 Å². The first kappa shape index (κ1) is 21.3. The molecule has 0 atom stereocenters. The number of thioether (sulfide) groups is 1. The minimum absolute atomic E-state index is 0.120. The number of anilines is 1. The van der Waals surface area contributed by atoms with Crippen molar-refractivity contribution >= 4 is 45.7 Å². The number of carbonyl (C=O) groups excluding carboxylic acids is 1. The highest BCUT2D eigenvalue weighted by Crippen LogP contribution is 2.29. The SMILES string of the molecule is C=CCN(C(=O)CSc1nnc(-c2ccc(Cl)cc2)o1)c1nc(-c2ccccc2)cs1. The van der Waals surface area contributed by atoms with E-state index < -0.39 is 0 Å². The second-order valence-electron chi connectivity index (χ2n) is 6.34. The molecule has 0 aliphatic carbocycles. The maximum absolute atomic E-state index is 12.9. The number of amides is 1. The Morgan fingerprint density at radius 1 is 1.13 bits per heavy atom. The highest BCUT2D eigenvalue weighted by molar-refractivity contribution is 7.99. The van der Waals surface area contributed by atoms with Crippen molar-refractivity contribution in [2.75, 3.05) is 17.2 Å². The third-order valence-corrected chi connectivity index (χ3v) is 6.14. The first-order chi connectivity index (χ1) is 15.1. The lowest BCUT2D eigenvalue weighted by atomic mass is 10.2. The smallest absolute Gasteiger partial charge is 0.277 e. The van der Waals surface area contributed by atoms with Gasteiger partial charge in [0.2, 0.25) is 11.8 Å². The van der Waals surface area contributed by atoms with Crippen molar-refractivity contribution in [2.45, 2.75) is 5.22 Å². The van der Waals surface area contributed by atoms with Gasteiger partial charge in [-0.15, -0.1) is 28.1 Å². The third-order valence-electron chi connectivity index (χ3n) is 4.22. The van der Waals surface area contributed by atoms with Crippen LogP contribution >= 0.6 is 34.7 Å². The largest absolute Gasteiger partial charge is 0.411 e. The van der Waals surface area contributed by atoms with E-state index in [2.05, 4.69) is 21.8 Å². The van der Waals surface area contributed by atoms with Crippen molar-refractivity contribution in [3.8, 4) is 22.7 Å². The van der Waals surface area contributed by atoms with Gasteiger partial charge in [0.1, 0.15) is 0 Å². The van der Waals surface area contributed by atoms with Crippen LogP contribution < -0.4 is 4.90 Å². The summed E-state index contributed by atoms with van der Waals surface area (Å²) in [7, 11) is 0. The van der Waals surface area contributed by atoms with E-state index in [1.807, 2.05) is 35.7 Å². The van der Waals surface area contributed by atoms with E-state index in [9.17, 15) is 4.79 Å². The Kier molecular flexibility index (Phi) is 6.81. The molecular weight excluding hydrogens is 452 g/mol. The van der Waals surface area contributed by atoms with Gasteiger partial charge in [-0.05, 0) is 24.3 Å². The molecule has 0 radical (unpaired) electrons. The summed E-state index contributed by atoms with van der Waals surface area (Å²) in [4.78, 5) is 19.1. The van der Waals surface area contributed by atoms with Gasteiger partial charge in [-0.1, -0.05) is 59.8 Å². The molecule has 31 heavy (non-hydrogen) atoms. The van der Waals surface area contributed by atoms with E-state index in [-0.39, 0.29) is 11.7 Å². The molecule has 0 N–H and O–H groups in total. The van der Waals surface area contributed by atoms with Gasteiger partial charge in [0.15, 0.2) is 5.13 Å². The second kappa shape index (κ2) is 9.91. The van der Waals surface area contributed by atoms with E-state index >= 15 is 0 Å². The van der Waals surface area contributed by atoms with Crippen LogP contribution in [0.15, 0.2) is 82.3 Å². The minimum atomic E-state index is -0.120. The number of aromatic nitrogens is 3. The second-order valence-corrected chi connectivity index (χ2v) is 8.54. The Hall–Kier alpha value is -2.94. The van der Waals surface area contributed by atoms with Crippen LogP contribution in [0.25, 0.3) is 22.7 Å². The molecule has 156 valence electrons. The normalized spacial score (nSPS) is 10.7. The van der Waals surface area contributed by atoms with Gasteiger partial charge in [-0.2, -0.15) is 0 Å². The monoisotopic (exact) mass is 468 g/mol. The zero-order valence-electron chi connectivity index (χ0n) is 16.3. The summed E-state index contributed by atoms with van der Waals surface area (Å²) in [6.45, 7) is 4.12. The van der Waals surface area contributed by atoms with Gasteiger partial charge in [0.05, 0.1) is 11.4 Å². The maximum atomic E-state index is 12.9. The average molecular weight is 469 g/mol. The zero-order chi connectivity index (χ0) is 21.6. The molecule has 9 heteroatoms. The Balaban J connectivity index is 1.43. The number of hydrogen-bond donors (Lipinski definition) is 0. The molecule has 0 aliphatic heterocycles. The van der Waals surface area contributed by atoms with Gasteiger partial charge in [0, 0.05) is 28.1 Å². The van der Waals surface area contributed by atoms with E-state index in [1.54, 1.807) is 35.2 Å². The quantitative estimate of drug-likeness (QED) is 0.239. The summed E-state index contributed by atoms with van der Waals surface area (Å²) in [6.07, 6.45) is 1.68. The molecule has 4 rings (SSSR count). The van der Waals surface area contributed by atoms with Crippen LogP contribution in [0.2, 0.25) is 5.02 Å². The molecule has 0 bridgehead atoms. The standard InChI is InChI=1S/C22H17ClN4O2S2/c1-2-12-27(21-24-18(13-30-21)15-6-4-3-5-7-15)19(28)14-31-22-26-25-20(29-22)16-8-10-17(23)11-9-16/h2-11,13H,1,12,14H2. The molecule has 2 aromatic carbocycles. The van der Waals surface area contributed by atoms with Crippen molar-refractivity contribution in [1.82, 2.24) is 15.2 Å². The van der Waals surface area contributed by atoms with Crippen molar-refractivity contribution < 1.29 is 9.21 Å². The van der Waals surface area contributed by atoms with E-state index in [0.717, 1.165) is 16.8 Å². The highest BCUT2D eigenvalue weighted by atomic mass is 35.5. The molecule has 2 heterocycles. The molecule has 4 aromatic rings. The molecule has 0 saturated carbocycles. The Morgan fingerprint density at radius 3 is 2.65 bits per heavy atom. The van der Waals surface area contributed by atoms with Crippen molar-refractivity contribution in [3.05, 3.63) is 77.7 Å². The number of halogens is 1. The van der Waals surface area contributed by atoms with Gasteiger partial charge in [-0.25, -0.2) is 4.98 Å². The third kappa shape index (κ3) is 5.22. The van der Waals surface area contributed by atoms with Crippen LogP contribution in [-0.2, 0) is 4.79 Å². The molecule has 6 nitrogen and oxygen atoms in total. The molecule has 2 aromatic heterocycles. The molecule has 0 spiro atoms. The van der Waals surface area contributed by atoms with Crippen LogP contribution in [-0.4, -0.2) is 33.4 Å². The van der Waals surface area contributed by atoms with Crippen molar-refractivity contribution in [3.63, 3.8) is 0 Å². The summed E-state index contributed by atoms with van der Waals surface area (Å²) in [6, 6.07) is 17.0. The summed E-state index contributed by atoms with van der Waals surface area (Å²) in [5.41, 5.74) is 2.60. The van der Waals surface area contributed by atoms with Gasteiger partial charge >= 0.3 is 0 Å². The number of nitrogens with zero attached hydrogens (tertiary/aromatic N) is 4. The predicted molar refractivity (Wildman–Crippen MR) is 126 cm³/mol. The number of hydrogen-bond acceptors (Lipinski definition) is 7. The summed E-state index contributed by atoms with van der Waals surface area (Å²) < 4.78 is 5.66. The lowest BCUT2D eigenvalue weighted by molar-refractivity contribution is -0.116. The number of rotatable bonds is 8. The fourth-order valence-electron chi connectivity index (χ4n) is 2.72. The van der Waals surface area contributed by atoms with Crippen LogP contribution in [0.4, 0.5) is 5.13 Å². The summed E-state index contributed by atoms with van der Waals surface area (Å²) in [5, 5.41) is 11.6. The van der Waals surface area contributed by atoms with E-state index in [4.69, 9.17) is 16.0 Å². The average Bonchev–Trinajstić information content (AvgIpc) is 3.47. The Bertz CT molecular complexity index is 1180. The fraction of sp³-hybridized carbons (Fsp3) is 0.0909. The molecule has 0 saturated heterocycles. The summed E-state index contributed by atoms with van der Waals surface area (Å²) >= 11 is 8.51. The van der Waals surface area contributed by atoms with Gasteiger partial charge in [-0.3, -0.25) is 9.69 Å². The van der Waals surface area contributed by atoms with Crippen LogP contribution in [0.1, 0.15) is 0 Å². The van der Waals surface area contributed by atoms with Crippen LogP contribution in [0.3, 0.4) is 0 Å². The first-order valence-electron chi connectivity index (χ1n) is 9.28. The maximum Gasteiger partial charge on any atom is 0.277 e. The lowest BCUT2D eigenvalue weighted by Gasteiger charge is -2.17. The van der Waals surface area contributed by atoms with Gasteiger partial charge < -0.3 is 4.42 Å². The fourth-order valence-corrected chi connectivity index (χ4v) is 4.35. The predicted octanol–water partition coefficient (Wildman–Crippen LogP) is 5.82. The molecule has 0 unspecified atom stereocenters. The van der Waals surface area contributed by atoms with Crippen molar-refractivity contribution in [2.24, 2.45) is 0 Å². The molecule has 0 aliphatic rings. The number of benzene rings is 2. The Labute approximate surface area is 192 Å². The topological polar surface area (TPSA) is 72.1 Å². The lowest BCUT2D eigenvalue weighted by Crippen LogP contribution is -2.32. The minimum Gasteiger partial charge on any atom is -0.411 e. The van der Waals surface area contributed by atoms with Gasteiger partial charge in [0.25, 0.3) is 5.22 Å². The zero-order valence-corrected chi connectivity index (χ0v) is 18.7. The highest BCUT2D eigenvalue weighted by Gasteiger charge is 2.20. The Morgan fingerprint density at radius 2 is 1.90 bits per heavy atom. The first-order valence-corrected chi connectivity index (χ1v) is 11.5. The molecular formula is C22H17ClN4O2S2. The number of thiazole rings is 1. The van der Waals surface area contributed by atoms with Crippen LogP contribution in [0, 0.1) is 0 Å². The van der Waals surface area contributed by atoms with Crippen LogP contribution in [0.5, 0.6) is 0 Å². The molecule has 0 fully saturated rings. The van der Waals surface area contributed by atoms with E-state index in [1.165, 1.54) is 23.1 Å². The molecule has 1 amide bonds. The number of carbonyl (C=O) groups is 1. The van der Waals surface area contributed by atoms with Crippen molar-refractivity contribution in [1.29, 1.82) is 0 Å².